The molecule has 2 aromatic rings. The number of hydrogen-bond acceptors (Lipinski definition) is 4. The molecule has 1 fully saturated rings. The van der Waals surface area contributed by atoms with E-state index in [1.165, 1.54) is 5.56 Å². The third-order valence-corrected chi connectivity index (χ3v) is 6.11. The van der Waals surface area contributed by atoms with Gasteiger partial charge in [-0.3, -0.25) is 4.98 Å². The number of nitrogens with one attached hydrogen (secondary N) is 1. The lowest BCUT2D eigenvalue weighted by Gasteiger charge is -2.20. The highest BCUT2D eigenvalue weighted by atomic mass is 32.2. The van der Waals surface area contributed by atoms with Gasteiger partial charge in [-0.05, 0) is 49.6 Å². The van der Waals surface area contributed by atoms with Crippen LogP contribution >= 0.6 is 0 Å². The zero-order valence-corrected chi connectivity index (χ0v) is 12.9. The Bertz CT molecular complexity index is 743. The molecule has 112 valence electrons. The number of pyridine rings is 1. The monoisotopic (exact) mass is 304 g/mol. The lowest BCUT2D eigenvalue weighted by molar-refractivity contribution is 0.437. The fraction of sp³-hybridized carbons (Fsp3) is 0.438. The first kappa shape index (κ1) is 14.5. The van der Waals surface area contributed by atoms with Crippen LogP contribution in [0.1, 0.15) is 24.4 Å². The van der Waals surface area contributed by atoms with E-state index in [0.717, 1.165) is 23.7 Å². The molecular weight excluding hydrogens is 284 g/mol. The first-order valence-corrected chi connectivity index (χ1v) is 9.12. The van der Waals surface area contributed by atoms with Gasteiger partial charge in [-0.25, -0.2) is 8.42 Å². The summed E-state index contributed by atoms with van der Waals surface area (Å²) in [7, 11) is -0.872. The molecule has 3 rings (SSSR count). The van der Waals surface area contributed by atoms with Gasteiger partial charge in [0, 0.05) is 17.6 Å². The van der Waals surface area contributed by atoms with E-state index >= 15 is 0 Å². The molecule has 2 unspecified atom stereocenters. The van der Waals surface area contributed by atoms with Gasteiger partial charge in [-0.2, -0.15) is 0 Å². The standard InChI is InChI=1S/C16H20N2O2S/c1-17-16(9-12-6-8-21(19,20)11-12)14-4-5-15-13(10-14)3-2-7-18-15/h2-5,7,10,12,16-17H,6,8-9,11H2,1H3. The van der Waals surface area contributed by atoms with Gasteiger partial charge in [-0.15, -0.1) is 0 Å². The minimum Gasteiger partial charge on any atom is -0.313 e. The third kappa shape index (κ3) is 3.24. The zero-order chi connectivity index (χ0) is 14.9. The maximum atomic E-state index is 11.6. The van der Waals surface area contributed by atoms with E-state index in [-0.39, 0.29) is 12.0 Å². The van der Waals surface area contributed by atoms with Crippen molar-refractivity contribution < 1.29 is 8.42 Å². The fourth-order valence-corrected chi connectivity index (χ4v) is 5.00. The molecule has 1 N–H and O–H groups in total. The van der Waals surface area contributed by atoms with Crippen LogP contribution in [0.5, 0.6) is 0 Å². The summed E-state index contributed by atoms with van der Waals surface area (Å²) in [6.07, 6.45) is 3.44. The van der Waals surface area contributed by atoms with Crippen molar-refractivity contribution in [3.05, 3.63) is 42.1 Å². The summed E-state index contributed by atoms with van der Waals surface area (Å²) < 4.78 is 23.2. The molecule has 0 bridgehead atoms. The number of sulfone groups is 1. The van der Waals surface area contributed by atoms with Crippen LogP contribution in [0.4, 0.5) is 0 Å². The second kappa shape index (κ2) is 5.73. The molecule has 1 aliphatic rings. The first-order valence-electron chi connectivity index (χ1n) is 7.30. The normalized spacial score (nSPS) is 22.4. The van der Waals surface area contributed by atoms with Crippen LogP contribution in [0.3, 0.4) is 0 Å². The molecule has 2 atom stereocenters. The summed E-state index contributed by atoms with van der Waals surface area (Å²) in [5, 5.41) is 4.44. The van der Waals surface area contributed by atoms with E-state index in [0.29, 0.717) is 11.5 Å². The van der Waals surface area contributed by atoms with Crippen molar-refractivity contribution in [1.82, 2.24) is 10.3 Å². The van der Waals surface area contributed by atoms with Crippen molar-refractivity contribution in [3.8, 4) is 0 Å². The third-order valence-electron chi connectivity index (χ3n) is 4.27. The van der Waals surface area contributed by atoms with E-state index in [1.807, 2.05) is 19.2 Å². The van der Waals surface area contributed by atoms with Crippen LogP contribution in [-0.2, 0) is 9.84 Å². The van der Waals surface area contributed by atoms with Crippen molar-refractivity contribution in [1.29, 1.82) is 0 Å². The Kier molecular flexibility index (Phi) is 3.95. The molecule has 4 nitrogen and oxygen atoms in total. The van der Waals surface area contributed by atoms with Gasteiger partial charge in [0.05, 0.1) is 17.0 Å². The van der Waals surface area contributed by atoms with Gasteiger partial charge in [0.1, 0.15) is 0 Å². The number of hydrogen-bond donors (Lipinski definition) is 1. The summed E-state index contributed by atoms with van der Waals surface area (Å²) >= 11 is 0. The van der Waals surface area contributed by atoms with Crippen molar-refractivity contribution >= 4 is 20.7 Å². The summed E-state index contributed by atoms with van der Waals surface area (Å²) in [6.45, 7) is 0. The Morgan fingerprint density at radius 1 is 1.38 bits per heavy atom. The van der Waals surface area contributed by atoms with Crippen molar-refractivity contribution in [2.75, 3.05) is 18.6 Å². The van der Waals surface area contributed by atoms with E-state index in [4.69, 9.17) is 0 Å². The minimum atomic E-state index is -2.80. The number of rotatable bonds is 4. The molecule has 21 heavy (non-hydrogen) atoms. The van der Waals surface area contributed by atoms with Crippen LogP contribution in [0.15, 0.2) is 36.5 Å². The average molecular weight is 304 g/mol. The molecule has 1 aromatic carbocycles. The summed E-state index contributed by atoms with van der Waals surface area (Å²) in [4.78, 5) is 4.33. The second-order valence-corrected chi connectivity index (χ2v) is 8.03. The quantitative estimate of drug-likeness (QED) is 0.942. The lowest BCUT2D eigenvalue weighted by Crippen LogP contribution is -2.20. The number of benzene rings is 1. The Balaban J connectivity index is 1.81. The zero-order valence-electron chi connectivity index (χ0n) is 12.1. The SMILES string of the molecule is CNC(CC1CCS(=O)(=O)C1)c1ccc2ncccc2c1. The van der Waals surface area contributed by atoms with Gasteiger partial charge < -0.3 is 5.32 Å². The molecule has 1 saturated heterocycles. The minimum absolute atomic E-state index is 0.188. The Morgan fingerprint density at radius 3 is 2.95 bits per heavy atom. The second-order valence-electron chi connectivity index (χ2n) is 5.80. The van der Waals surface area contributed by atoms with Crippen LogP contribution in [0.2, 0.25) is 0 Å². The topological polar surface area (TPSA) is 59.1 Å². The number of nitrogens with zero attached hydrogens (tertiary/aromatic N) is 1. The highest BCUT2D eigenvalue weighted by Crippen LogP contribution is 2.29. The van der Waals surface area contributed by atoms with Gasteiger partial charge >= 0.3 is 0 Å². The number of aromatic nitrogens is 1. The number of fused-ring (bicyclic) bond motifs is 1. The fourth-order valence-electron chi connectivity index (χ4n) is 3.12. The van der Waals surface area contributed by atoms with Gasteiger partial charge in [0.25, 0.3) is 0 Å². The molecule has 0 saturated carbocycles. The first-order chi connectivity index (χ1) is 10.1. The van der Waals surface area contributed by atoms with Crippen LogP contribution < -0.4 is 5.32 Å². The van der Waals surface area contributed by atoms with Gasteiger partial charge in [0.15, 0.2) is 9.84 Å². The van der Waals surface area contributed by atoms with Crippen LogP contribution in [0.25, 0.3) is 10.9 Å². The highest BCUT2D eigenvalue weighted by Gasteiger charge is 2.29. The molecule has 0 spiro atoms. The highest BCUT2D eigenvalue weighted by molar-refractivity contribution is 7.91. The summed E-state index contributed by atoms with van der Waals surface area (Å²) in [5.74, 6) is 0.938. The van der Waals surface area contributed by atoms with E-state index in [9.17, 15) is 8.42 Å². The Morgan fingerprint density at radius 2 is 2.24 bits per heavy atom. The van der Waals surface area contributed by atoms with E-state index in [2.05, 4.69) is 28.5 Å². The van der Waals surface area contributed by atoms with Gasteiger partial charge in [-0.1, -0.05) is 12.1 Å². The van der Waals surface area contributed by atoms with E-state index in [1.54, 1.807) is 6.20 Å². The van der Waals surface area contributed by atoms with E-state index < -0.39 is 9.84 Å². The smallest absolute Gasteiger partial charge is 0.150 e. The van der Waals surface area contributed by atoms with Crippen LogP contribution in [-0.4, -0.2) is 32.0 Å². The molecule has 5 heteroatoms. The molecule has 2 heterocycles. The molecule has 1 aliphatic heterocycles. The molecule has 0 aliphatic carbocycles. The Labute approximate surface area is 125 Å². The van der Waals surface area contributed by atoms with Crippen molar-refractivity contribution in [3.63, 3.8) is 0 Å². The Hall–Kier alpha value is -1.46. The average Bonchev–Trinajstić information content (AvgIpc) is 2.83. The van der Waals surface area contributed by atoms with Crippen molar-refractivity contribution in [2.24, 2.45) is 5.92 Å². The predicted octanol–water partition coefficient (Wildman–Crippen LogP) is 2.32. The molecule has 1 aromatic heterocycles. The summed E-state index contributed by atoms with van der Waals surface area (Å²) in [6, 6.07) is 10.4. The van der Waals surface area contributed by atoms with Gasteiger partial charge in [0.2, 0.25) is 0 Å². The maximum absolute atomic E-state index is 11.6. The summed E-state index contributed by atoms with van der Waals surface area (Å²) in [5.41, 5.74) is 2.18. The molecule has 0 radical (unpaired) electrons. The molecule has 0 amide bonds. The molecular formula is C16H20N2O2S. The van der Waals surface area contributed by atoms with Crippen LogP contribution in [0, 0.1) is 5.92 Å². The predicted molar refractivity (Wildman–Crippen MR) is 84.9 cm³/mol. The maximum Gasteiger partial charge on any atom is 0.150 e. The van der Waals surface area contributed by atoms with Crippen molar-refractivity contribution in [2.45, 2.75) is 18.9 Å². The largest absolute Gasteiger partial charge is 0.313 e. The lowest BCUT2D eigenvalue weighted by atomic mass is 9.93.